The highest BCUT2D eigenvalue weighted by Crippen LogP contribution is 2.27. The Labute approximate surface area is 119 Å². The zero-order valence-electron chi connectivity index (χ0n) is 12.5. The molecule has 1 aromatic rings. The average Bonchev–Trinajstić information content (AvgIpc) is 2.45. The van der Waals surface area contributed by atoms with Crippen LogP contribution in [0.4, 0.5) is 11.5 Å². The lowest BCUT2D eigenvalue weighted by atomic mass is 10.1. The van der Waals surface area contributed by atoms with Crippen molar-refractivity contribution in [2.75, 3.05) is 37.9 Å². The van der Waals surface area contributed by atoms with Crippen molar-refractivity contribution in [1.82, 2.24) is 15.3 Å². The zero-order chi connectivity index (χ0) is 15.1. The minimum atomic E-state index is -0.167. The van der Waals surface area contributed by atoms with E-state index in [1.54, 1.807) is 7.05 Å². The number of nitrogen functional groups attached to an aromatic ring is 1. The van der Waals surface area contributed by atoms with Gasteiger partial charge in [-0.25, -0.2) is 4.98 Å². The third-order valence-electron chi connectivity index (χ3n) is 2.87. The van der Waals surface area contributed by atoms with Gasteiger partial charge in [0.15, 0.2) is 5.82 Å². The van der Waals surface area contributed by atoms with Gasteiger partial charge in [-0.1, -0.05) is 13.8 Å². The molecule has 0 aliphatic carbocycles. The molecule has 3 N–H and O–H groups in total. The molecule has 7 nitrogen and oxygen atoms in total. The largest absolute Gasteiger partial charge is 0.476 e. The molecule has 0 fully saturated rings. The van der Waals surface area contributed by atoms with Crippen molar-refractivity contribution < 1.29 is 9.53 Å². The van der Waals surface area contributed by atoms with Crippen LogP contribution in [-0.2, 0) is 4.79 Å². The molecule has 0 aliphatic heterocycles. The molecule has 0 bridgehead atoms. The minimum Gasteiger partial charge on any atom is -0.476 e. The topological polar surface area (TPSA) is 93.4 Å². The second kappa shape index (κ2) is 7.52. The lowest BCUT2D eigenvalue weighted by Crippen LogP contribution is -2.35. The number of nitrogens with zero attached hydrogens (tertiary/aromatic N) is 3. The second-order valence-electron chi connectivity index (χ2n) is 4.66. The molecule has 0 aliphatic rings. The number of rotatable bonds is 7. The van der Waals surface area contributed by atoms with Gasteiger partial charge in [0.25, 0.3) is 0 Å². The number of anilines is 2. The Morgan fingerprint density at radius 3 is 2.85 bits per heavy atom. The Kier molecular flexibility index (Phi) is 6.02. The maximum Gasteiger partial charge on any atom is 0.242 e. The van der Waals surface area contributed by atoms with Crippen LogP contribution in [0.2, 0.25) is 0 Å². The zero-order valence-corrected chi connectivity index (χ0v) is 12.5. The average molecular weight is 281 g/mol. The Bertz CT molecular complexity index is 452. The fourth-order valence-corrected chi connectivity index (χ4v) is 1.82. The molecule has 1 rings (SSSR count). The van der Waals surface area contributed by atoms with Crippen molar-refractivity contribution in [3.05, 3.63) is 6.33 Å². The third-order valence-corrected chi connectivity index (χ3v) is 2.87. The van der Waals surface area contributed by atoms with Crippen molar-refractivity contribution in [3.63, 3.8) is 0 Å². The van der Waals surface area contributed by atoms with Crippen LogP contribution >= 0.6 is 0 Å². The molecule has 0 radical (unpaired) electrons. The summed E-state index contributed by atoms with van der Waals surface area (Å²) < 4.78 is 5.47. The summed E-state index contributed by atoms with van der Waals surface area (Å²) in [6.45, 7) is 4.92. The van der Waals surface area contributed by atoms with Crippen LogP contribution in [-0.4, -0.2) is 43.1 Å². The summed E-state index contributed by atoms with van der Waals surface area (Å²) in [5, 5.41) is 2.62. The Morgan fingerprint density at radius 2 is 2.25 bits per heavy atom. The molecule has 0 saturated carbocycles. The standard InChI is InChI=1S/C13H23N5O2/c1-5-6-20-13-10(14)11(16-8-17-13)18(4)7-9(2)12(19)15-3/h8-9H,5-7,14H2,1-4H3,(H,15,19). The van der Waals surface area contributed by atoms with Gasteiger partial charge in [0.05, 0.1) is 12.5 Å². The highest BCUT2D eigenvalue weighted by Gasteiger charge is 2.18. The van der Waals surface area contributed by atoms with Gasteiger partial charge >= 0.3 is 0 Å². The molecule has 1 unspecified atom stereocenters. The number of amides is 1. The fourth-order valence-electron chi connectivity index (χ4n) is 1.82. The summed E-state index contributed by atoms with van der Waals surface area (Å²) in [6, 6.07) is 0. The number of ether oxygens (including phenoxy) is 1. The van der Waals surface area contributed by atoms with Gasteiger partial charge in [-0.15, -0.1) is 0 Å². The first-order valence-corrected chi connectivity index (χ1v) is 6.67. The van der Waals surface area contributed by atoms with E-state index >= 15 is 0 Å². The third kappa shape index (κ3) is 3.97. The quantitative estimate of drug-likeness (QED) is 0.763. The van der Waals surface area contributed by atoms with Gasteiger partial charge in [0.2, 0.25) is 11.8 Å². The predicted molar refractivity (Wildman–Crippen MR) is 78.7 cm³/mol. The van der Waals surface area contributed by atoms with Crippen molar-refractivity contribution in [3.8, 4) is 5.88 Å². The van der Waals surface area contributed by atoms with Crippen molar-refractivity contribution in [2.24, 2.45) is 5.92 Å². The molecule has 0 saturated heterocycles. The van der Waals surface area contributed by atoms with E-state index < -0.39 is 0 Å². The van der Waals surface area contributed by atoms with E-state index in [4.69, 9.17) is 10.5 Å². The van der Waals surface area contributed by atoms with E-state index in [1.807, 2.05) is 25.8 Å². The van der Waals surface area contributed by atoms with Gasteiger partial charge in [-0.2, -0.15) is 4.98 Å². The lowest BCUT2D eigenvalue weighted by Gasteiger charge is -2.23. The van der Waals surface area contributed by atoms with Crippen LogP contribution in [0.5, 0.6) is 5.88 Å². The number of nitrogens with one attached hydrogen (secondary N) is 1. The smallest absolute Gasteiger partial charge is 0.242 e. The number of aromatic nitrogens is 2. The molecule has 1 heterocycles. The summed E-state index contributed by atoms with van der Waals surface area (Å²) in [4.78, 5) is 21.6. The van der Waals surface area contributed by atoms with Crippen LogP contribution in [0.15, 0.2) is 6.33 Å². The SMILES string of the molecule is CCCOc1ncnc(N(C)CC(C)C(=O)NC)c1N. The van der Waals surface area contributed by atoms with E-state index in [1.165, 1.54) is 6.33 Å². The summed E-state index contributed by atoms with van der Waals surface area (Å²) in [7, 11) is 3.45. The van der Waals surface area contributed by atoms with Crippen LogP contribution in [0.25, 0.3) is 0 Å². The monoisotopic (exact) mass is 281 g/mol. The van der Waals surface area contributed by atoms with Crippen molar-refractivity contribution in [2.45, 2.75) is 20.3 Å². The fraction of sp³-hybridized carbons (Fsp3) is 0.615. The number of hydrogen-bond acceptors (Lipinski definition) is 6. The Morgan fingerprint density at radius 1 is 1.55 bits per heavy atom. The van der Waals surface area contributed by atoms with Gasteiger partial charge in [-0.3, -0.25) is 4.79 Å². The molecule has 0 aromatic carbocycles. The first kappa shape index (κ1) is 16.0. The summed E-state index contributed by atoms with van der Waals surface area (Å²) in [5.74, 6) is 0.768. The van der Waals surface area contributed by atoms with Gasteiger partial charge < -0.3 is 20.7 Å². The maximum absolute atomic E-state index is 11.5. The number of carbonyl (C=O) groups is 1. The molecule has 0 spiro atoms. The molecule has 112 valence electrons. The van der Waals surface area contributed by atoms with Crippen LogP contribution < -0.4 is 20.7 Å². The molecule has 1 atom stereocenters. The normalized spacial score (nSPS) is 11.8. The van der Waals surface area contributed by atoms with Gasteiger partial charge in [0.1, 0.15) is 12.0 Å². The van der Waals surface area contributed by atoms with Crippen molar-refractivity contribution in [1.29, 1.82) is 0 Å². The van der Waals surface area contributed by atoms with Crippen LogP contribution in [0.1, 0.15) is 20.3 Å². The van der Waals surface area contributed by atoms with Crippen LogP contribution in [0.3, 0.4) is 0 Å². The molecule has 1 amide bonds. The maximum atomic E-state index is 11.5. The number of carbonyl (C=O) groups excluding carboxylic acids is 1. The molecule has 1 aromatic heterocycles. The Hall–Kier alpha value is -2.05. The highest BCUT2D eigenvalue weighted by molar-refractivity contribution is 5.79. The van der Waals surface area contributed by atoms with Gasteiger partial charge in [0, 0.05) is 20.6 Å². The number of hydrogen-bond donors (Lipinski definition) is 2. The van der Waals surface area contributed by atoms with Crippen molar-refractivity contribution >= 4 is 17.4 Å². The van der Waals surface area contributed by atoms with E-state index in [-0.39, 0.29) is 11.8 Å². The first-order valence-electron chi connectivity index (χ1n) is 6.67. The predicted octanol–water partition coefficient (Wildman–Crippen LogP) is 0.666. The Balaban J connectivity index is 2.82. The summed E-state index contributed by atoms with van der Waals surface area (Å²) in [5.41, 5.74) is 6.41. The van der Waals surface area contributed by atoms with Gasteiger partial charge in [-0.05, 0) is 6.42 Å². The van der Waals surface area contributed by atoms with Crippen LogP contribution in [0, 0.1) is 5.92 Å². The summed E-state index contributed by atoms with van der Waals surface area (Å²) in [6.07, 6.45) is 2.29. The lowest BCUT2D eigenvalue weighted by molar-refractivity contribution is -0.123. The molecule has 7 heteroatoms. The molecular weight excluding hydrogens is 258 g/mol. The van der Waals surface area contributed by atoms with E-state index in [0.29, 0.717) is 30.5 Å². The summed E-state index contributed by atoms with van der Waals surface area (Å²) >= 11 is 0. The minimum absolute atomic E-state index is 0.0214. The molecular formula is C13H23N5O2. The number of nitrogens with two attached hydrogens (primary N) is 1. The van der Waals surface area contributed by atoms with E-state index in [0.717, 1.165) is 6.42 Å². The first-order chi connectivity index (χ1) is 9.51. The molecule has 20 heavy (non-hydrogen) atoms. The van der Waals surface area contributed by atoms with E-state index in [2.05, 4.69) is 15.3 Å². The second-order valence-corrected chi connectivity index (χ2v) is 4.66. The van der Waals surface area contributed by atoms with E-state index in [9.17, 15) is 4.79 Å². The highest BCUT2D eigenvalue weighted by atomic mass is 16.5.